The SMILES string of the molecule is COc1cc2c(cc1OCCCOc1cc3c(cc1OC)C(=O)N1c4ccccc4C[C@H]1CN3)N=C[C@@H]1Cc3ccc(NC(=O)CCC(C)(C)S)cc3N1C2=O. The zero-order valence-electron chi connectivity index (χ0n) is 31.9. The van der Waals surface area contributed by atoms with Gasteiger partial charge in [0.2, 0.25) is 5.91 Å². The number of nitrogens with zero attached hydrogens (tertiary/aromatic N) is 3. The molecule has 8 rings (SSSR count). The minimum absolute atomic E-state index is 0.0255. The molecule has 0 fully saturated rings. The van der Waals surface area contributed by atoms with Crippen LogP contribution in [0.2, 0.25) is 0 Å². The number of anilines is 4. The van der Waals surface area contributed by atoms with Crippen LogP contribution in [-0.4, -0.2) is 74.7 Å². The molecule has 290 valence electrons. The van der Waals surface area contributed by atoms with Gasteiger partial charge in [0.15, 0.2) is 23.0 Å². The molecular formula is C43H45N5O7S. The maximum absolute atomic E-state index is 14.1. The van der Waals surface area contributed by atoms with Gasteiger partial charge >= 0.3 is 0 Å². The number of methoxy groups -OCH3 is 2. The third kappa shape index (κ3) is 7.23. The highest BCUT2D eigenvalue weighted by Crippen LogP contribution is 2.43. The zero-order chi connectivity index (χ0) is 39.1. The lowest BCUT2D eigenvalue weighted by Gasteiger charge is -2.23. The molecule has 0 unspecified atom stereocenters. The highest BCUT2D eigenvalue weighted by molar-refractivity contribution is 7.81. The number of para-hydroxylation sites is 1. The lowest BCUT2D eigenvalue weighted by molar-refractivity contribution is -0.116. The Balaban J connectivity index is 0.915. The van der Waals surface area contributed by atoms with Crippen LogP contribution in [-0.2, 0) is 17.6 Å². The first-order chi connectivity index (χ1) is 27.0. The van der Waals surface area contributed by atoms with Crippen molar-refractivity contribution in [1.29, 1.82) is 0 Å². The van der Waals surface area contributed by atoms with Gasteiger partial charge in [0, 0.05) is 60.3 Å². The first-order valence-corrected chi connectivity index (χ1v) is 19.3. The normalized spacial score (nSPS) is 17.7. The second kappa shape index (κ2) is 15.1. The van der Waals surface area contributed by atoms with Crippen molar-refractivity contribution >= 4 is 65.0 Å². The molecule has 2 N–H and O–H groups in total. The van der Waals surface area contributed by atoms with E-state index in [9.17, 15) is 14.4 Å². The van der Waals surface area contributed by atoms with Gasteiger partial charge in [-0.1, -0.05) is 38.1 Å². The van der Waals surface area contributed by atoms with Gasteiger partial charge in [-0.25, -0.2) is 0 Å². The van der Waals surface area contributed by atoms with E-state index in [1.165, 1.54) is 12.7 Å². The summed E-state index contributed by atoms with van der Waals surface area (Å²) in [5, 5.41) is 6.44. The first-order valence-electron chi connectivity index (χ1n) is 18.9. The molecule has 56 heavy (non-hydrogen) atoms. The number of rotatable bonds is 12. The van der Waals surface area contributed by atoms with Crippen molar-refractivity contribution in [2.75, 3.05) is 54.4 Å². The van der Waals surface area contributed by atoms with E-state index < -0.39 is 0 Å². The van der Waals surface area contributed by atoms with Crippen LogP contribution in [0.25, 0.3) is 0 Å². The summed E-state index contributed by atoms with van der Waals surface area (Å²) in [6, 6.07) is 20.4. The Labute approximate surface area is 331 Å². The van der Waals surface area contributed by atoms with E-state index in [0.717, 1.165) is 23.4 Å². The van der Waals surface area contributed by atoms with Crippen molar-refractivity contribution in [2.24, 2.45) is 4.99 Å². The molecule has 0 radical (unpaired) electrons. The van der Waals surface area contributed by atoms with Gasteiger partial charge in [0.1, 0.15) is 0 Å². The molecule has 2 atom stereocenters. The Morgan fingerprint density at radius 1 is 0.857 bits per heavy atom. The van der Waals surface area contributed by atoms with Crippen LogP contribution in [0.3, 0.4) is 0 Å². The molecule has 0 bridgehead atoms. The average molecular weight is 776 g/mol. The summed E-state index contributed by atoms with van der Waals surface area (Å²) in [4.78, 5) is 48.9. The summed E-state index contributed by atoms with van der Waals surface area (Å²) in [5.74, 6) is 1.48. The van der Waals surface area contributed by atoms with Crippen LogP contribution < -0.4 is 39.4 Å². The van der Waals surface area contributed by atoms with Gasteiger partial charge in [0.25, 0.3) is 11.8 Å². The fourth-order valence-corrected chi connectivity index (χ4v) is 7.90. The molecule has 12 nitrogen and oxygen atoms in total. The lowest BCUT2D eigenvalue weighted by atomic mass is 10.1. The smallest absolute Gasteiger partial charge is 0.261 e. The summed E-state index contributed by atoms with van der Waals surface area (Å²) in [5.41, 5.74) is 6.62. The standard InChI is InChI=1S/C43H45N5O7S/c1-43(2,56)13-12-40(49)46-27-11-10-26-17-29-24-45-33-22-39(37(53-4)20-31(33)42(51)48(29)35(26)18-27)55-15-7-14-54-38-21-32-30(19-36(38)52-3)41(50)47-28(23-44-32)16-25-8-5-6-9-34(25)47/h5-6,8-11,18-22,24,28-29,44,56H,7,12-17,23H2,1-4H3,(H,46,49)/t28-,29-/m0/s1. The molecule has 0 aliphatic carbocycles. The molecule has 0 saturated carbocycles. The maximum atomic E-state index is 14.1. The van der Waals surface area contributed by atoms with E-state index >= 15 is 0 Å². The average Bonchev–Trinajstić information content (AvgIpc) is 3.67. The third-order valence-electron chi connectivity index (χ3n) is 10.6. The molecule has 4 heterocycles. The van der Waals surface area contributed by atoms with Crippen LogP contribution in [0.5, 0.6) is 23.0 Å². The summed E-state index contributed by atoms with van der Waals surface area (Å²) in [6.45, 7) is 5.19. The quantitative estimate of drug-likeness (QED) is 0.101. The molecule has 3 amide bonds. The Morgan fingerprint density at radius 3 is 2.30 bits per heavy atom. The van der Waals surface area contributed by atoms with Crippen LogP contribution in [0.4, 0.5) is 28.4 Å². The minimum Gasteiger partial charge on any atom is -0.493 e. The van der Waals surface area contributed by atoms with Gasteiger partial charge in [-0.15, -0.1) is 0 Å². The molecular weight excluding hydrogens is 731 g/mol. The molecule has 13 heteroatoms. The number of carbonyl (C=O) groups excluding carboxylic acids is 3. The predicted molar refractivity (Wildman–Crippen MR) is 221 cm³/mol. The van der Waals surface area contributed by atoms with E-state index in [-0.39, 0.29) is 34.6 Å². The van der Waals surface area contributed by atoms with Crippen LogP contribution in [0.1, 0.15) is 65.0 Å². The van der Waals surface area contributed by atoms with Crippen molar-refractivity contribution in [3.8, 4) is 23.0 Å². The number of amides is 3. The number of nitrogens with one attached hydrogen (secondary N) is 2. The van der Waals surface area contributed by atoms with E-state index in [4.69, 9.17) is 23.9 Å². The van der Waals surface area contributed by atoms with Gasteiger partial charge in [0.05, 0.1) is 67.7 Å². The molecule has 4 aliphatic rings. The Hall–Kier alpha value is -5.69. The number of carbonyl (C=O) groups is 3. The molecule has 0 aromatic heterocycles. The number of aliphatic imine (C=N–C) groups is 1. The molecule has 4 aliphatic heterocycles. The predicted octanol–water partition coefficient (Wildman–Crippen LogP) is 7.26. The topological polar surface area (TPSA) is 131 Å². The second-order valence-electron chi connectivity index (χ2n) is 15.1. The fourth-order valence-electron chi connectivity index (χ4n) is 7.79. The summed E-state index contributed by atoms with van der Waals surface area (Å²) < 4.78 is 23.4. The van der Waals surface area contributed by atoms with Crippen molar-refractivity contribution in [2.45, 2.75) is 62.8 Å². The number of thiol groups is 1. The monoisotopic (exact) mass is 775 g/mol. The summed E-state index contributed by atoms with van der Waals surface area (Å²) >= 11 is 4.52. The Morgan fingerprint density at radius 2 is 1.55 bits per heavy atom. The fraction of sp³-hybridized carbons (Fsp3) is 0.349. The van der Waals surface area contributed by atoms with Crippen LogP contribution in [0.15, 0.2) is 71.7 Å². The second-order valence-corrected chi connectivity index (χ2v) is 16.3. The van der Waals surface area contributed by atoms with Crippen molar-refractivity contribution < 1.29 is 33.3 Å². The summed E-state index contributed by atoms with van der Waals surface area (Å²) in [7, 11) is 3.10. The summed E-state index contributed by atoms with van der Waals surface area (Å²) in [6.07, 6.45) is 4.70. The highest BCUT2D eigenvalue weighted by Gasteiger charge is 2.39. The molecule has 0 saturated heterocycles. The molecule has 0 spiro atoms. The van der Waals surface area contributed by atoms with Gasteiger partial charge < -0.3 is 34.5 Å². The van der Waals surface area contributed by atoms with Crippen molar-refractivity contribution in [3.63, 3.8) is 0 Å². The Kier molecular flexibility index (Phi) is 10.0. The first kappa shape index (κ1) is 37.2. The Bertz CT molecular complexity index is 2250. The van der Waals surface area contributed by atoms with Gasteiger partial charge in [-0.2, -0.15) is 12.6 Å². The zero-order valence-corrected chi connectivity index (χ0v) is 32.8. The van der Waals surface area contributed by atoms with Gasteiger partial charge in [-0.3, -0.25) is 24.3 Å². The number of fused-ring (bicyclic) bond motifs is 8. The molecule has 4 aromatic rings. The lowest BCUT2D eigenvalue weighted by Crippen LogP contribution is -2.39. The van der Waals surface area contributed by atoms with E-state index in [1.807, 2.05) is 61.2 Å². The maximum Gasteiger partial charge on any atom is 0.261 e. The van der Waals surface area contributed by atoms with E-state index in [2.05, 4.69) is 29.3 Å². The van der Waals surface area contributed by atoms with Crippen LogP contribution >= 0.6 is 12.6 Å². The number of benzene rings is 4. The largest absolute Gasteiger partial charge is 0.493 e. The number of hydrogen-bond donors (Lipinski definition) is 3. The van der Waals surface area contributed by atoms with Crippen molar-refractivity contribution in [1.82, 2.24) is 0 Å². The number of hydrogen-bond acceptors (Lipinski definition) is 10. The van der Waals surface area contributed by atoms with E-state index in [1.54, 1.807) is 36.4 Å². The minimum atomic E-state index is -0.277. The number of ether oxygens (including phenoxy) is 4. The third-order valence-corrected chi connectivity index (χ3v) is 10.9. The van der Waals surface area contributed by atoms with Crippen LogP contribution in [0, 0.1) is 0 Å². The molecule has 4 aromatic carbocycles. The highest BCUT2D eigenvalue weighted by atomic mass is 32.1. The van der Waals surface area contributed by atoms with Crippen molar-refractivity contribution in [3.05, 3.63) is 89.0 Å². The van der Waals surface area contributed by atoms with E-state index in [0.29, 0.717) is 96.6 Å². The van der Waals surface area contributed by atoms with Gasteiger partial charge in [-0.05, 0) is 54.3 Å².